The first-order valence-electron chi connectivity index (χ1n) is 8.73. The number of benzene rings is 2. The van der Waals surface area contributed by atoms with Crippen molar-refractivity contribution in [1.29, 1.82) is 0 Å². The van der Waals surface area contributed by atoms with E-state index in [9.17, 15) is 0 Å². The highest BCUT2D eigenvalue weighted by Gasteiger charge is 2.24. The topological polar surface area (TPSA) is 8.17 Å². The summed E-state index contributed by atoms with van der Waals surface area (Å²) in [5, 5.41) is 1.28. The van der Waals surface area contributed by atoms with Crippen LogP contribution < -0.4 is 4.90 Å². The molecule has 4 rings (SSSR count). The minimum absolute atomic E-state index is 0.595. The maximum absolute atomic E-state index is 4.39. The number of nitrogens with zero attached hydrogens (tertiary/aromatic N) is 2. The first-order valence-corrected chi connectivity index (χ1v) is 8.73. The minimum atomic E-state index is 0.595. The fourth-order valence-corrected chi connectivity index (χ4v) is 3.64. The first-order chi connectivity index (χ1) is 11.6. The van der Waals surface area contributed by atoms with Crippen molar-refractivity contribution in [1.82, 2.24) is 4.57 Å². The Morgan fingerprint density at radius 2 is 1.96 bits per heavy atom. The Hall–Kier alpha value is -2.48. The molecule has 0 saturated heterocycles. The van der Waals surface area contributed by atoms with E-state index in [0.717, 1.165) is 12.2 Å². The lowest BCUT2D eigenvalue weighted by atomic mass is 9.95. The van der Waals surface area contributed by atoms with Gasteiger partial charge < -0.3 is 9.47 Å². The average Bonchev–Trinajstić information content (AvgIpc) is 3.14. The van der Waals surface area contributed by atoms with E-state index < -0.39 is 0 Å². The Labute approximate surface area is 144 Å². The molecule has 24 heavy (non-hydrogen) atoms. The number of rotatable bonds is 3. The predicted molar refractivity (Wildman–Crippen MR) is 103 cm³/mol. The Kier molecular flexibility index (Phi) is 3.49. The summed E-state index contributed by atoms with van der Waals surface area (Å²) >= 11 is 0. The maximum Gasteiger partial charge on any atom is 0.0488 e. The van der Waals surface area contributed by atoms with Crippen LogP contribution in [0.5, 0.6) is 0 Å². The first kappa shape index (κ1) is 15.1. The normalized spacial score (nSPS) is 15.1. The standard InChI is InChI=1S/C22H24N2/c1-5-15(2)17-6-7-19-14-24(16(3)21(19)13-17)20-8-9-22-18(12-20)10-11-23(22)4/h6-13,15H,3,5,14H2,1-2,4H3. The molecule has 1 aliphatic rings. The average molecular weight is 316 g/mol. The molecule has 1 unspecified atom stereocenters. The highest BCUT2D eigenvalue weighted by molar-refractivity contribution is 5.89. The molecule has 1 atom stereocenters. The third-order valence-corrected chi connectivity index (χ3v) is 5.46. The van der Waals surface area contributed by atoms with Gasteiger partial charge >= 0.3 is 0 Å². The van der Waals surface area contributed by atoms with E-state index in [4.69, 9.17) is 0 Å². The van der Waals surface area contributed by atoms with Crippen molar-refractivity contribution in [2.45, 2.75) is 32.7 Å². The summed E-state index contributed by atoms with van der Waals surface area (Å²) in [5.74, 6) is 0.595. The van der Waals surface area contributed by atoms with Gasteiger partial charge in [0.1, 0.15) is 0 Å². The van der Waals surface area contributed by atoms with Crippen LogP contribution in [0.3, 0.4) is 0 Å². The molecule has 0 fully saturated rings. The molecule has 0 bridgehead atoms. The summed E-state index contributed by atoms with van der Waals surface area (Å²) in [7, 11) is 2.09. The van der Waals surface area contributed by atoms with E-state index in [0.29, 0.717) is 5.92 Å². The second-order valence-corrected chi connectivity index (χ2v) is 6.93. The summed E-state index contributed by atoms with van der Waals surface area (Å²) in [6, 6.07) is 15.7. The van der Waals surface area contributed by atoms with Gasteiger partial charge in [0, 0.05) is 47.6 Å². The fourth-order valence-electron chi connectivity index (χ4n) is 3.64. The molecular formula is C22H24N2. The summed E-state index contributed by atoms with van der Waals surface area (Å²) < 4.78 is 2.16. The Morgan fingerprint density at radius 1 is 1.12 bits per heavy atom. The quantitative estimate of drug-likeness (QED) is 0.603. The molecule has 0 saturated carbocycles. The Morgan fingerprint density at radius 3 is 2.75 bits per heavy atom. The third-order valence-electron chi connectivity index (χ3n) is 5.46. The second kappa shape index (κ2) is 5.55. The summed E-state index contributed by atoms with van der Waals surface area (Å²) in [5.41, 5.74) is 7.70. The SMILES string of the molecule is C=C1c2cc(C(C)CC)ccc2CN1c1ccc2c(ccn2C)c1. The molecule has 0 amide bonds. The van der Waals surface area contributed by atoms with Crippen molar-refractivity contribution in [2.75, 3.05) is 4.90 Å². The van der Waals surface area contributed by atoms with E-state index in [-0.39, 0.29) is 0 Å². The van der Waals surface area contributed by atoms with Crippen LogP contribution in [0.2, 0.25) is 0 Å². The van der Waals surface area contributed by atoms with Crippen LogP contribution in [-0.4, -0.2) is 4.57 Å². The zero-order valence-corrected chi connectivity index (χ0v) is 14.7. The lowest BCUT2D eigenvalue weighted by molar-refractivity contribution is 0.733. The van der Waals surface area contributed by atoms with Gasteiger partial charge in [0.2, 0.25) is 0 Å². The number of hydrogen-bond donors (Lipinski definition) is 0. The molecule has 0 N–H and O–H groups in total. The lowest BCUT2D eigenvalue weighted by Crippen LogP contribution is -2.12. The van der Waals surface area contributed by atoms with Gasteiger partial charge in [-0.05, 0) is 53.8 Å². The van der Waals surface area contributed by atoms with E-state index in [1.165, 1.54) is 39.7 Å². The summed E-state index contributed by atoms with van der Waals surface area (Å²) in [6.45, 7) is 9.83. The van der Waals surface area contributed by atoms with Crippen LogP contribution in [0.25, 0.3) is 16.6 Å². The largest absolute Gasteiger partial charge is 0.351 e. The predicted octanol–water partition coefficient (Wildman–Crippen LogP) is 5.68. The number of aryl methyl sites for hydroxylation is 1. The molecule has 2 aromatic carbocycles. The number of aromatic nitrogens is 1. The van der Waals surface area contributed by atoms with E-state index in [2.05, 4.69) is 85.6 Å². The van der Waals surface area contributed by atoms with E-state index in [1.807, 2.05) is 0 Å². The summed E-state index contributed by atoms with van der Waals surface area (Å²) in [4.78, 5) is 2.33. The lowest BCUT2D eigenvalue weighted by Gasteiger charge is -2.20. The smallest absolute Gasteiger partial charge is 0.0488 e. The molecule has 2 nitrogen and oxygen atoms in total. The van der Waals surface area contributed by atoms with Gasteiger partial charge in [-0.15, -0.1) is 0 Å². The van der Waals surface area contributed by atoms with Crippen LogP contribution in [0.15, 0.2) is 55.2 Å². The third kappa shape index (κ3) is 2.25. The fraction of sp³-hybridized carbons (Fsp3) is 0.273. The van der Waals surface area contributed by atoms with Crippen molar-refractivity contribution in [3.63, 3.8) is 0 Å². The molecule has 0 spiro atoms. The van der Waals surface area contributed by atoms with Crippen molar-refractivity contribution >= 4 is 22.3 Å². The van der Waals surface area contributed by atoms with Gasteiger partial charge in [0.15, 0.2) is 0 Å². The monoisotopic (exact) mass is 316 g/mol. The number of hydrogen-bond acceptors (Lipinski definition) is 1. The molecule has 0 aliphatic carbocycles. The molecule has 2 heteroatoms. The van der Waals surface area contributed by atoms with Crippen LogP contribution in [0, 0.1) is 0 Å². The number of fused-ring (bicyclic) bond motifs is 2. The molecule has 122 valence electrons. The maximum atomic E-state index is 4.39. The zero-order valence-electron chi connectivity index (χ0n) is 14.7. The molecule has 1 aliphatic heterocycles. The Bertz CT molecular complexity index is 932. The second-order valence-electron chi connectivity index (χ2n) is 6.93. The number of anilines is 1. The highest BCUT2D eigenvalue weighted by atomic mass is 15.2. The molecule has 2 heterocycles. The molecule has 3 aromatic rings. The molecule has 0 radical (unpaired) electrons. The van der Waals surface area contributed by atoms with E-state index >= 15 is 0 Å². The van der Waals surface area contributed by atoms with Gasteiger partial charge in [-0.1, -0.05) is 32.6 Å². The zero-order chi connectivity index (χ0) is 16.8. The van der Waals surface area contributed by atoms with Gasteiger partial charge in [0.05, 0.1) is 0 Å². The van der Waals surface area contributed by atoms with Crippen LogP contribution in [0.1, 0.15) is 42.9 Å². The van der Waals surface area contributed by atoms with Crippen molar-refractivity contribution in [3.05, 3.63) is 71.9 Å². The Balaban J connectivity index is 1.71. The minimum Gasteiger partial charge on any atom is -0.351 e. The van der Waals surface area contributed by atoms with Crippen molar-refractivity contribution in [3.8, 4) is 0 Å². The summed E-state index contributed by atoms with van der Waals surface area (Å²) in [6.07, 6.45) is 3.28. The van der Waals surface area contributed by atoms with Crippen molar-refractivity contribution < 1.29 is 0 Å². The van der Waals surface area contributed by atoms with Crippen molar-refractivity contribution in [2.24, 2.45) is 7.05 Å². The van der Waals surface area contributed by atoms with Gasteiger partial charge in [-0.25, -0.2) is 0 Å². The molecule has 1 aromatic heterocycles. The van der Waals surface area contributed by atoms with E-state index in [1.54, 1.807) is 0 Å². The van der Waals surface area contributed by atoms with Crippen LogP contribution in [0.4, 0.5) is 5.69 Å². The van der Waals surface area contributed by atoms with Crippen LogP contribution >= 0.6 is 0 Å². The van der Waals surface area contributed by atoms with Gasteiger partial charge in [0.25, 0.3) is 0 Å². The molecular weight excluding hydrogens is 292 g/mol. The van der Waals surface area contributed by atoms with Crippen LogP contribution in [-0.2, 0) is 13.6 Å². The van der Waals surface area contributed by atoms with Gasteiger partial charge in [-0.3, -0.25) is 0 Å². The van der Waals surface area contributed by atoms with Gasteiger partial charge in [-0.2, -0.15) is 0 Å². The highest BCUT2D eigenvalue weighted by Crippen LogP contribution is 2.38.